The lowest BCUT2D eigenvalue weighted by molar-refractivity contribution is -0.133. The highest BCUT2D eigenvalue weighted by Gasteiger charge is 2.41. The van der Waals surface area contributed by atoms with Crippen molar-refractivity contribution in [1.29, 1.82) is 0 Å². The van der Waals surface area contributed by atoms with E-state index in [9.17, 15) is 9.59 Å². The first-order valence-corrected chi connectivity index (χ1v) is 8.76. The highest BCUT2D eigenvalue weighted by Crippen LogP contribution is 2.30. The normalized spacial score (nSPS) is 21.1. The van der Waals surface area contributed by atoms with E-state index in [0.717, 1.165) is 5.56 Å². The number of aryl methyl sites for hydroxylation is 1. The van der Waals surface area contributed by atoms with E-state index in [1.165, 1.54) is 0 Å². The molecule has 1 aromatic carbocycles. The van der Waals surface area contributed by atoms with Gasteiger partial charge in [-0.1, -0.05) is 23.7 Å². The molecule has 3 atom stereocenters. The summed E-state index contributed by atoms with van der Waals surface area (Å²) in [7, 11) is 1.84. The molecule has 1 aliphatic rings. The van der Waals surface area contributed by atoms with Gasteiger partial charge in [0.1, 0.15) is 5.54 Å². The van der Waals surface area contributed by atoms with Gasteiger partial charge in [-0.15, -0.1) is 12.4 Å². The first-order valence-electron chi connectivity index (χ1n) is 8.38. The molecule has 2 heterocycles. The minimum atomic E-state index is -1.34. The number of halogens is 2. The molecule has 4 N–H and O–H groups in total. The Morgan fingerprint density at radius 3 is 2.74 bits per heavy atom. The van der Waals surface area contributed by atoms with Crippen LogP contribution >= 0.6 is 24.0 Å². The molecule has 0 radical (unpaired) electrons. The average Bonchev–Trinajstić information content (AvgIpc) is 3.23. The molecule has 1 fully saturated rings. The Balaban J connectivity index is 0.00000261. The van der Waals surface area contributed by atoms with Crippen LogP contribution in [0.5, 0.6) is 0 Å². The number of nitrogens with one attached hydrogen (secondary N) is 2. The molecule has 0 saturated carbocycles. The van der Waals surface area contributed by atoms with Gasteiger partial charge >= 0.3 is 0 Å². The summed E-state index contributed by atoms with van der Waals surface area (Å²) in [5.41, 5.74) is 5.82. The molecule has 1 aromatic heterocycles. The van der Waals surface area contributed by atoms with E-state index in [2.05, 4.69) is 15.7 Å². The molecule has 2 amide bonds. The van der Waals surface area contributed by atoms with Crippen LogP contribution in [0.1, 0.15) is 24.0 Å². The molecule has 0 bridgehead atoms. The van der Waals surface area contributed by atoms with Crippen molar-refractivity contribution < 1.29 is 9.59 Å². The molecule has 7 nitrogen and oxygen atoms in total. The van der Waals surface area contributed by atoms with Crippen molar-refractivity contribution in [3.05, 3.63) is 52.8 Å². The van der Waals surface area contributed by atoms with Crippen molar-refractivity contribution >= 4 is 35.8 Å². The van der Waals surface area contributed by atoms with Crippen molar-refractivity contribution in [1.82, 2.24) is 20.4 Å². The highest BCUT2D eigenvalue weighted by molar-refractivity contribution is 6.30. The summed E-state index contributed by atoms with van der Waals surface area (Å²) in [6.07, 6.45) is 3.67. The molecule has 2 aromatic rings. The van der Waals surface area contributed by atoms with Gasteiger partial charge in [-0.05, 0) is 30.2 Å². The van der Waals surface area contributed by atoms with Crippen molar-refractivity contribution in [2.75, 3.05) is 13.1 Å². The van der Waals surface area contributed by atoms with Crippen LogP contribution in [0.3, 0.4) is 0 Å². The van der Waals surface area contributed by atoms with Crippen molar-refractivity contribution in [2.24, 2.45) is 18.7 Å². The summed E-state index contributed by atoms with van der Waals surface area (Å²) in [4.78, 5) is 25.2. The fraction of sp³-hybridized carbons (Fsp3) is 0.389. The average molecular weight is 412 g/mol. The van der Waals surface area contributed by atoms with Crippen LogP contribution in [0, 0.1) is 5.92 Å². The number of hydrogen-bond acceptors (Lipinski definition) is 4. The topological polar surface area (TPSA) is 102 Å². The minimum absolute atomic E-state index is 0. The molecule has 1 unspecified atom stereocenters. The number of carbonyl (C=O) groups excluding carboxylic acids is 2. The van der Waals surface area contributed by atoms with Crippen LogP contribution in [0.25, 0.3) is 0 Å². The van der Waals surface area contributed by atoms with E-state index in [-0.39, 0.29) is 30.2 Å². The van der Waals surface area contributed by atoms with Gasteiger partial charge < -0.3 is 16.4 Å². The standard InChI is InChI=1S/C18H22ClN5O2.ClH/c1-18(17(20)26,12-4-3-5-13(19)6-12)23-16(25)15-9-21-8-14(15)11-7-22-24(2)10-11;/h3-7,10,14-15,21H,8-9H2,1-2H3,(H2,20,26)(H,23,25);1H/t14-,15+,18?;/m1./s1. The van der Waals surface area contributed by atoms with Gasteiger partial charge in [0.15, 0.2) is 0 Å². The van der Waals surface area contributed by atoms with E-state index in [4.69, 9.17) is 17.3 Å². The maximum absolute atomic E-state index is 13.0. The van der Waals surface area contributed by atoms with Gasteiger partial charge in [0.25, 0.3) is 0 Å². The molecule has 1 saturated heterocycles. The Morgan fingerprint density at radius 1 is 1.41 bits per heavy atom. The second kappa shape index (κ2) is 8.29. The number of hydrogen-bond donors (Lipinski definition) is 3. The molecule has 0 spiro atoms. The van der Waals surface area contributed by atoms with Crippen LogP contribution in [-0.4, -0.2) is 34.7 Å². The third-order valence-electron chi connectivity index (χ3n) is 4.97. The van der Waals surface area contributed by atoms with Gasteiger partial charge in [-0.25, -0.2) is 0 Å². The fourth-order valence-electron chi connectivity index (χ4n) is 3.35. The lowest BCUT2D eigenvalue weighted by Crippen LogP contribution is -2.54. The largest absolute Gasteiger partial charge is 0.367 e. The monoisotopic (exact) mass is 411 g/mol. The molecule has 1 aliphatic heterocycles. The van der Waals surface area contributed by atoms with Crippen LogP contribution in [0.15, 0.2) is 36.7 Å². The number of nitrogens with zero attached hydrogens (tertiary/aromatic N) is 2. The lowest BCUT2D eigenvalue weighted by atomic mass is 9.87. The number of benzene rings is 1. The molecular weight excluding hydrogens is 389 g/mol. The Labute approximate surface area is 169 Å². The van der Waals surface area contributed by atoms with E-state index < -0.39 is 11.4 Å². The van der Waals surface area contributed by atoms with Gasteiger partial charge in [0.2, 0.25) is 11.8 Å². The van der Waals surface area contributed by atoms with Crippen LogP contribution in [0.4, 0.5) is 0 Å². The van der Waals surface area contributed by atoms with E-state index in [1.807, 2.05) is 13.2 Å². The predicted molar refractivity (Wildman–Crippen MR) is 106 cm³/mol. The number of primary amides is 1. The summed E-state index contributed by atoms with van der Waals surface area (Å²) in [6.45, 7) is 2.80. The molecule has 0 aliphatic carbocycles. The van der Waals surface area contributed by atoms with Crippen molar-refractivity contribution in [3.63, 3.8) is 0 Å². The quantitative estimate of drug-likeness (QED) is 0.689. The first-order chi connectivity index (χ1) is 12.3. The zero-order valence-electron chi connectivity index (χ0n) is 15.1. The van der Waals surface area contributed by atoms with Crippen LogP contribution in [0.2, 0.25) is 5.02 Å². The zero-order chi connectivity index (χ0) is 18.9. The smallest absolute Gasteiger partial charge is 0.247 e. The summed E-state index contributed by atoms with van der Waals surface area (Å²) in [5.74, 6) is -1.21. The summed E-state index contributed by atoms with van der Waals surface area (Å²) in [5, 5.41) is 10.7. The van der Waals surface area contributed by atoms with Gasteiger partial charge in [0.05, 0.1) is 12.1 Å². The minimum Gasteiger partial charge on any atom is -0.367 e. The molecular formula is C18H23Cl2N5O2. The molecule has 146 valence electrons. The Hall–Kier alpha value is -2.09. The lowest BCUT2D eigenvalue weighted by Gasteiger charge is -2.30. The summed E-state index contributed by atoms with van der Waals surface area (Å²) < 4.78 is 1.71. The van der Waals surface area contributed by atoms with Crippen LogP contribution in [-0.2, 0) is 22.2 Å². The van der Waals surface area contributed by atoms with E-state index >= 15 is 0 Å². The SMILES string of the molecule is Cl.Cn1cc([C@H]2CNC[C@@H]2C(=O)NC(C)(C(N)=O)c2cccc(Cl)c2)cn1. The zero-order valence-corrected chi connectivity index (χ0v) is 16.7. The number of rotatable bonds is 5. The molecule has 27 heavy (non-hydrogen) atoms. The second-order valence-corrected chi connectivity index (χ2v) is 7.24. The van der Waals surface area contributed by atoms with Gasteiger partial charge in [-0.3, -0.25) is 14.3 Å². The molecule has 9 heteroatoms. The van der Waals surface area contributed by atoms with Gasteiger partial charge in [0, 0.05) is 37.3 Å². The first kappa shape index (κ1) is 21.2. The number of nitrogens with two attached hydrogens (primary N) is 1. The highest BCUT2D eigenvalue weighted by atomic mass is 35.5. The van der Waals surface area contributed by atoms with Crippen molar-refractivity contribution in [3.8, 4) is 0 Å². The van der Waals surface area contributed by atoms with E-state index in [1.54, 1.807) is 42.1 Å². The number of amides is 2. The maximum Gasteiger partial charge on any atom is 0.247 e. The van der Waals surface area contributed by atoms with Crippen molar-refractivity contribution in [2.45, 2.75) is 18.4 Å². The fourth-order valence-corrected chi connectivity index (χ4v) is 3.54. The Morgan fingerprint density at radius 2 is 2.15 bits per heavy atom. The van der Waals surface area contributed by atoms with E-state index in [0.29, 0.717) is 23.7 Å². The summed E-state index contributed by atoms with van der Waals surface area (Å²) in [6, 6.07) is 6.79. The summed E-state index contributed by atoms with van der Waals surface area (Å²) >= 11 is 6.04. The molecule has 3 rings (SSSR count). The third-order valence-corrected chi connectivity index (χ3v) is 5.21. The maximum atomic E-state index is 13.0. The second-order valence-electron chi connectivity index (χ2n) is 6.81. The third kappa shape index (κ3) is 4.26. The Kier molecular flexibility index (Phi) is 6.51. The number of aromatic nitrogens is 2. The predicted octanol–water partition coefficient (Wildman–Crippen LogP) is 1.32. The van der Waals surface area contributed by atoms with Crippen LogP contribution < -0.4 is 16.4 Å². The Bertz CT molecular complexity index is 841. The number of carbonyl (C=O) groups is 2. The van der Waals surface area contributed by atoms with Gasteiger partial charge in [-0.2, -0.15) is 5.10 Å².